The molecule has 0 aliphatic heterocycles. The molecule has 0 aromatic rings. The van der Waals surface area contributed by atoms with Gasteiger partial charge in [-0.2, -0.15) is 0 Å². The number of hydrogen-bond donors (Lipinski definition) is 0. The third-order valence-corrected chi connectivity index (χ3v) is 0. The summed E-state index contributed by atoms with van der Waals surface area (Å²) in [7, 11) is 1.17. The summed E-state index contributed by atoms with van der Waals surface area (Å²) < 4.78 is 8.17. The van der Waals surface area contributed by atoms with Gasteiger partial charge in [-0.05, 0) is 0 Å². The van der Waals surface area contributed by atoms with E-state index in [4.69, 9.17) is 4.57 Å². The fourth-order valence-corrected chi connectivity index (χ4v) is 0. The summed E-state index contributed by atoms with van der Waals surface area (Å²) in [5.74, 6) is 0. The van der Waals surface area contributed by atoms with E-state index in [1.807, 2.05) is 0 Å². The van der Waals surface area contributed by atoms with Crippen molar-refractivity contribution in [2.75, 3.05) is 0 Å². The molecule has 1 unspecified atom stereocenters. The summed E-state index contributed by atoms with van der Waals surface area (Å²) in [4.78, 5) is 0. The molecule has 0 aromatic carbocycles. The smallest absolute Gasteiger partial charge is 0.269 e. The molecule has 0 aliphatic carbocycles. The molecular formula is H5Cl2FOP+. The third kappa shape index (κ3) is 84.4. The van der Waals surface area contributed by atoms with Crippen LogP contribution in [-0.2, 0) is 4.57 Å². The van der Waals surface area contributed by atoms with Crippen molar-refractivity contribution in [3.8, 4) is 0 Å². The van der Waals surface area contributed by atoms with Crippen LogP contribution in [0.15, 0.2) is 0 Å². The maximum absolute atomic E-state index is 8.17. The van der Waals surface area contributed by atoms with Crippen LogP contribution in [0, 0.1) is 0 Å². The van der Waals surface area contributed by atoms with E-state index in [2.05, 4.69) is 0 Å². The summed E-state index contributed by atoms with van der Waals surface area (Å²) in [5, 5.41) is 0. The monoisotopic (exact) mass is 141 g/mol. The van der Waals surface area contributed by atoms with Gasteiger partial charge in [0.1, 0.15) is 0 Å². The molecule has 0 heterocycles. The summed E-state index contributed by atoms with van der Waals surface area (Å²) in [5.41, 5.74) is 0. The van der Waals surface area contributed by atoms with Crippen LogP contribution in [0.25, 0.3) is 0 Å². The average Bonchev–Trinajstić information content (AvgIpc) is 1.00. The standard InChI is InChI=1S/2ClH.FH.H2OP/c;;;1-2/h3*1H;2H2/q;;;+1. The van der Waals surface area contributed by atoms with E-state index < -0.39 is 0 Å². The van der Waals surface area contributed by atoms with E-state index in [0.717, 1.165) is 0 Å². The number of hydrogen-bond acceptors (Lipinski definition) is 1. The Morgan fingerprint density at radius 2 is 1.00 bits per heavy atom. The molecule has 0 saturated heterocycles. The van der Waals surface area contributed by atoms with Gasteiger partial charge in [-0.3, -0.25) is 4.70 Å². The molecule has 0 fully saturated rings. The highest BCUT2D eigenvalue weighted by atomic mass is 35.5. The number of rotatable bonds is 0. The molecule has 0 radical (unpaired) electrons. The molecule has 36 valence electrons. The third-order valence-electron chi connectivity index (χ3n) is 0. The Hall–Kier alpha value is 0.610. The first-order valence-electron chi connectivity index (χ1n) is 0.236. The topological polar surface area (TPSA) is 17.1 Å². The van der Waals surface area contributed by atoms with Crippen molar-refractivity contribution >= 4 is 33.9 Å². The van der Waals surface area contributed by atoms with Gasteiger partial charge in [0.15, 0.2) is 0 Å². The Balaban J connectivity index is -0.00000000167. The molecule has 0 amide bonds. The van der Waals surface area contributed by atoms with E-state index >= 15 is 0 Å². The largest absolute Gasteiger partial charge is 0.310 e. The lowest BCUT2D eigenvalue weighted by Crippen LogP contribution is -0.489. The van der Waals surface area contributed by atoms with Gasteiger partial charge >= 0.3 is 9.12 Å². The van der Waals surface area contributed by atoms with Crippen LogP contribution in [0.2, 0.25) is 0 Å². The van der Waals surface area contributed by atoms with Gasteiger partial charge in [-0.1, -0.05) is 4.57 Å². The molecule has 1 nitrogen and oxygen atoms in total. The molecule has 1 atom stereocenters. The van der Waals surface area contributed by atoms with Gasteiger partial charge < -0.3 is 0 Å². The van der Waals surface area contributed by atoms with Crippen molar-refractivity contribution in [3.63, 3.8) is 0 Å². The maximum atomic E-state index is 8.17. The van der Waals surface area contributed by atoms with Crippen molar-refractivity contribution in [1.29, 1.82) is 0 Å². The van der Waals surface area contributed by atoms with Gasteiger partial charge in [0.2, 0.25) is 0 Å². The van der Waals surface area contributed by atoms with Gasteiger partial charge in [-0.15, -0.1) is 24.8 Å². The van der Waals surface area contributed by atoms with Crippen LogP contribution in [0.4, 0.5) is 4.70 Å². The summed E-state index contributed by atoms with van der Waals surface area (Å²) >= 11 is 0. The molecular weight excluding hydrogens is 137 g/mol. The second kappa shape index (κ2) is 161. The van der Waals surface area contributed by atoms with E-state index in [9.17, 15) is 0 Å². The molecule has 0 N–H and O–H groups in total. The zero-order valence-electron chi connectivity index (χ0n) is 2.21. The van der Waals surface area contributed by atoms with Crippen molar-refractivity contribution < 1.29 is 9.27 Å². The average molecular weight is 142 g/mol. The summed E-state index contributed by atoms with van der Waals surface area (Å²) in [6.07, 6.45) is 0. The van der Waals surface area contributed by atoms with Gasteiger partial charge in [0.05, 0.1) is 0 Å². The SMILES string of the molecule is Cl.Cl.F.O=[PH2+]. The van der Waals surface area contributed by atoms with Crippen LogP contribution in [-0.4, -0.2) is 0 Å². The first-order valence-corrected chi connectivity index (χ1v) is 0.707. The minimum absolute atomic E-state index is 0. The van der Waals surface area contributed by atoms with E-state index in [0.29, 0.717) is 0 Å². The molecule has 0 spiro atoms. The Bertz CT molecular complexity index is 9.61. The number of halogens is 3. The highest BCUT2D eigenvalue weighted by Gasteiger charge is 0.849. The highest BCUT2D eigenvalue weighted by molar-refractivity contribution is 7.00. The lowest BCUT2D eigenvalue weighted by Gasteiger charge is -0.618. The molecule has 5 heteroatoms. The van der Waals surface area contributed by atoms with E-state index in [1.165, 1.54) is 9.12 Å². The Morgan fingerprint density at radius 3 is 1.00 bits per heavy atom. The Kier molecular flexibility index (Phi) is 1490. The minimum atomic E-state index is 0. The van der Waals surface area contributed by atoms with Crippen LogP contribution in [0.5, 0.6) is 0 Å². The summed E-state index contributed by atoms with van der Waals surface area (Å²) in [6, 6.07) is 0. The predicted octanol–water partition coefficient (Wildman–Crippen LogP) is 1.20. The normalized spacial score (nSPS) is 0.800. The first-order chi connectivity index (χ1) is 1.00. The van der Waals surface area contributed by atoms with Crippen molar-refractivity contribution in [2.45, 2.75) is 0 Å². The molecule has 0 aliphatic rings. The van der Waals surface area contributed by atoms with E-state index in [1.54, 1.807) is 0 Å². The lowest BCUT2D eigenvalue weighted by atomic mass is 16.0. The van der Waals surface area contributed by atoms with Crippen molar-refractivity contribution in [1.82, 2.24) is 0 Å². The second-order valence-corrected chi connectivity index (χ2v) is 0. The zero-order chi connectivity index (χ0) is 2.00. The quantitative estimate of drug-likeness (QED) is 0.464. The zero-order valence-corrected chi connectivity index (χ0v) is 5.00. The van der Waals surface area contributed by atoms with Gasteiger partial charge in [0.25, 0.3) is 0 Å². The fourth-order valence-electron chi connectivity index (χ4n) is 0. The van der Waals surface area contributed by atoms with Gasteiger partial charge in [0, 0.05) is 0 Å². The van der Waals surface area contributed by atoms with E-state index in [-0.39, 0.29) is 29.5 Å². The fraction of sp³-hybridized carbons (Fsp3) is 0. The summed E-state index contributed by atoms with van der Waals surface area (Å²) in [6.45, 7) is 0. The predicted molar refractivity (Wildman–Crippen MR) is 27.4 cm³/mol. The minimum Gasteiger partial charge on any atom is -0.269 e. The van der Waals surface area contributed by atoms with Crippen LogP contribution < -0.4 is 0 Å². The molecule has 0 rings (SSSR count). The first kappa shape index (κ1) is 46.0. The molecule has 0 aromatic heterocycles. The molecule has 0 bridgehead atoms. The van der Waals surface area contributed by atoms with Crippen LogP contribution >= 0.6 is 33.9 Å². The molecule has 5 heavy (non-hydrogen) atoms. The lowest BCUT2D eigenvalue weighted by molar-refractivity contribution is 0.607. The second-order valence-electron chi connectivity index (χ2n) is 0. The van der Waals surface area contributed by atoms with Crippen molar-refractivity contribution in [3.05, 3.63) is 0 Å². The van der Waals surface area contributed by atoms with Crippen LogP contribution in [0.1, 0.15) is 0 Å². The Morgan fingerprint density at radius 1 is 1.00 bits per heavy atom. The van der Waals surface area contributed by atoms with Gasteiger partial charge in [-0.25, -0.2) is 0 Å². The van der Waals surface area contributed by atoms with Crippen LogP contribution in [0.3, 0.4) is 0 Å². The van der Waals surface area contributed by atoms with Crippen molar-refractivity contribution in [2.24, 2.45) is 0 Å². The highest BCUT2D eigenvalue weighted by Crippen LogP contribution is 1.23. The molecule has 0 saturated carbocycles. The Labute approximate surface area is 43.9 Å². The maximum Gasteiger partial charge on any atom is 0.310 e.